The van der Waals surface area contributed by atoms with Gasteiger partial charge in [-0.25, -0.2) is 0 Å². The van der Waals surface area contributed by atoms with Gasteiger partial charge in [0.2, 0.25) is 0 Å². The zero-order valence-electron chi connectivity index (χ0n) is 56.9. The Kier molecular flexibility index (Phi) is 46.0. The van der Waals surface area contributed by atoms with Crippen molar-refractivity contribution in [3.63, 3.8) is 0 Å². The Morgan fingerprint density at radius 3 is 0.483 bits per heavy atom. The summed E-state index contributed by atoms with van der Waals surface area (Å²) in [6.45, 7) is 4.87. The van der Waals surface area contributed by atoms with Gasteiger partial charge in [0.15, 0.2) is 0 Å². The lowest BCUT2D eigenvalue weighted by atomic mass is 9.40. The molecule has 0 nitrogen and oxygen atoms in total. The molecule has 0 saturated heterocycles. The van der Waals surface area contributed by atoms with Crippen LogP contribution in [0.15, 0.2) is 0 Å². The van der Waals surface area contributed by atoms with Crippen LogP contribution in [0, 0.1) is 107 Å². The zero-order valence-corrected chi connectivity index (χ0v) is 56.9. The largest absolute Gasteiger partial charge is 0.0776 e. The highest BCUT2D eigenvalue weighted by Crippen LogP contribution is 2.52. The second-order valence-electron chi connectivity index (χ2n) is 32.8. The third-order valence-corrected chi connectivity index (χ3v) is 27.4. The molecular weight excluding hydrogens is 1040 g/mol. The summed E-state index contributed by atoms with van der Waals surface area (Å²) in [4.78, 5) is 0. The predicted molar refractivity (Wildman–Crippen MR) is 399 cm³/mol. The average molecular weight is 1200 g/mol. The van der Waals surface area contributed by atoms with Crippen LogP contribution in [0.1, 0.15) is 410 Å². The van der Waals surface area contributed by atoms with Gasteiger partial charge >= 0.3 is 0 Å². The fourth-order valence-electron chi connectivity index (χ4n) is 22.4. The number of rotatable bonds is 8. The van der Waals surface area contributed by atoms with Crippen molar-refractivity contribution >= 4 is 46.4 Å². The Morgan fingerprint density at radius 2 is 0.310 bits per heavy atom. The molecule has 0 aromatic rings. The molecule has 6 heteroatoms. The fraction of sp³-hybridized carbons (Fsp3) is 1.00. The van der Waals surface area contributed by atoms with E-state index < -0.39 is 0 Å². The van der Waals surface area contributed by atoms with Crippen LogP contribution < -0.4 is 0 Å². The lowest BCUT2D eigenvalue weighted by Gasteiger charge is -2.33. The molecule has 11 rings (SSSR count). The first kappa shape index (κ1) is 81.6. The fourth-order valence-corrected chi connectivity index (χ4v) is 22.4. The van der Waals surface area contributed by atoms with Gasteiger partial charge < -0.3 is 0 Å². The first-order valence-electron chi connectivity index (χ1n) is 39.5. The third kappa shape index (κ3) is 29.5. The molecule has 0 spiro atoms. The van der Waals surface area contributed by atoms with E-state index in [9.17, 15) is 0 Å². The van der Waals surface area contributed by atoms with Crippen molar-refractivity contribution in [2.75, 3.05) is 0 Å². The molecule has 0 bridgehead atoms. The molecule has 11 saturated carbocycles. The average Bonchev–Trinajstić information content (AvgIpc) is 3.93. The number of hydrogen-bond acceptors (Lipinski definition) is 0. The van der Waals surface area contributed by atoms with Gasteiger partial charge in [0.05, 0.1) is 0 Å². The molecule has 11 fully saturated rings. The summed E-state index contributed by atoms with van der Waals surface area (Å²) in [5.41, 5.74) is 0. The smallest absolute Gasteiger partial charge is 0 e. The van der Waals surface area contributed by atoms with Crippen LogP contribution in [0.5, 0.6) is 0 Å². The van der Waals surface area contributed by atoms with Crippen LogP contribution in [0.3, 0.4) is 0 Å². The van der Waals surface area contributed by atoms with E-state index in [1.807, 2.05) is 0 Å². The Hall–Kier alpha value is 0.390. The third-order valence-electron chi connectivity index (χ3n) is 27.4. The van der Waals surface area contributed by atoms with Crippen molar-refractivity contribution in [3.8, 4) is 0 Å². The van der Waals surface area contributed by atoms with Crippen LogP contribution in [-0.4, -0.2) is 46.4 Å². The summed E-state index contributed by atoms with van der Waals surface area (Å²) in [6.07, 6.45) is 90.4. The molecule has 8 unspecified atom stereocenters. The highest BCUT2D eigenvalue weighted by Gasteiger charge is 2.40. The quantitative estimate of drug-likeness (QED) is 0.213. The van der Waals surface area contributed by atoms with E-state index in [0.717, 1.165) is 114 Å². The summed E-state index contributed by atoms with van der Waals surface area (Å²) < 4.78 is 0. The summed E-state index contributed by atoms with van der Waals surface area (Å²) in [5, 5.41) is 0. The highest BCUT2D eigenvalue weighted by atomic mass is 14.5. The predicted octanol–water partition coefficient (Wildman–Crippen LogP) is 25.7. The lowest BCUT2D eigenvalue weighted by Crippen LogP contribution is -2.22. The Labute approximate surface area is 559 Å². The molecule has 0 amide bonds. The first-order chi connectivity index (χ1) is 40.9. The molecule has 11 aliphatic rings. The summed E-state index contributed by atoms with van der Waals surface area (Å²) in [7, 11) is 18.0. The van der Waals surface area contributed by atoms with Crippen molar-refractivity contribution in [2.45, 2.75) is 409 Å². The summed E-state index contributed by atoms with van der Waals surface area (Å²) >= 11 is 0. The molecule has 11 aliphatic carbocycles. The Bertz CT molecular complexity index is 1450. The summed E-state index contributed by atoms with van der Waals surface area (Å²) in [6, 6.07) is 0. The van der Waals surface area contributed by atoms with Crippen LogP contribution >= 0.6 is 0 Å². The van der Waals surface area contributed by atoms with E-state index in [2.05, 4.69) is 44.8 Å². The van der Waals surface area contributed by atoms with Gasteiger partial charge in [0, 0.05) is 47.8 Å². The van der Waals surface area contributed by atoms with Gasteiger partial charge in [-0.3, -0.25) is 0 Å². The minimum atomic E-state index is 0. The molecular formula is C81H154B6. The van der Waals surface area contributed by atoms with Crippen LogP contribution in [0.4, 0.5) is 0 Å². The molecule has 87 heavy (non-hydrogen) atoms. The lowest BCUT2D eigenvalue weighted by molar-refractivity contribution is 0.182. The van der Waals surface area contributed by atoms with Crippen LogP contribution in [-0.2, 0) is 0 Å². The molecule has 0 aromatic heterocycles. The van der Waals surface area contributed by atoms with E-state index in [-0.39, 0.29) is 32.1 Å². The first-order valence-corrected chi connectivity index (χ1v) is 39.5. The molecule has 0 aromatic carbocycles. The molecule has 0 heterocycles. The van der Waals surface area contributed by atoms with Crippen LogP contribution in [0.25, 0.3) is 0 Å². The Morgan fingerprint density at radius 1 is 0.195 bits per heavy atom. The standard InChI is InChI=1S/C47H82.C22H40.C9H18.3CH4.B3.B2.B.H2/c1-3-7-15-36(16-8-4-1)42-27-29-44(33-42)38-19-11-23-40(24-12-20-38)46-31-32-47(35-46)41-25-13-21-39(22-14-26-41)45-30-28-43(34-45)37-17-9-5-2-6-10-18-37;1-18-9-7-13-20(14-8-10-18)22-16-15-21(17-22)19-11-5-3-2-4-6-12-19;1-9-7-5-3-2-4-6-8-9;;;;1-3-2;1-2;;/h36-47H,1-35H2;18-22H,2-17H2,1H3;9H,2-8H2,1H3;3*1H4;;;;1H/i;;;;;;;;;1+2. The van der Waals surface area contributed by atoms with Gasteiger partial charge in [-0.05, 0) is 184 Å². The molecule has 0 aliphatic heterocycles. The van der Waals surface area contributed by atoms with E-state index in [0.29, 0.717) is 0 Å². The maximum Gasteiger partial charge on any atom is 0 e. The van der Waals surface area contributed by atoms with Crippen molar-refractivity contribution in [1.82, 2.24) is 0 Å². The van der Waals surface area contributed by atoms with Gasteiger partial charge in [0.25, 0.3) is 0 Å². The van der Waals surface area contributed by atoms with Crippen molar-refractivity contribution in [1.29, 1.82) is 0 Å². The monoisotopic (exact) mass is 1200 g/mol. The molecule has 0 N–H and O–H groups in total. The zero-order chi connectivity index (χ0) is 58.1. The SMILES string of the molecule is C.C.C.C1CCCC(C2CCC(C3CCCC(C4CCC(C5CCCC(C6CCC(C7CCCCCCC7)C6)CCC5)C4)CCC3)C2)CCC1.CC1CCCC(C2CCC(C3CCCCCCC3)C2)CCC1.CC1CCCCCCC1.[3HH].[B].[B][B].[B][B][B]. The van der Waals surface area contributed by atoms with Gasteiger partial charge in [-0.15, -0.1) is 0 Å². The van der Waals surface area contributed by atoms with E-state index in [1.54, 1.807) is 231 Å². The minimum Gasteiger partial charge on any atom is -0.0776 e. The van der Waals surface area contributed by atoms with E-state index in [4.69, 9.17) is 0 Å². The number of hydrogen-bond donors (Lipinski definition) is 0. The second-order valence-corrected chi connectivity index (χ2v) is 32.8. The molecule has 12 radical (unpaired) electrons. The Balaban J connectivity index is 0.000000536. The van der Waals surface area contributed by atoms with E-state index in [1.165, 1.54) is 141 Å². The van der Waals surface area contributed by atoms with Crippen LogP contribution in [0.2, 0.25) is 0 Å². The maximum atomic E-state index is 4.50. The van der Waals surface area contributed by atoms with Gasteiger partial charge in [-0.1, -0.05) is 331 Å². The van der Waals surface area contributed by atoms with Crippen molar-refractivity contribution in [3.05, 3.63) is 0 Å². The van der Waals surface area contributed by atoms with Gasteiger partial charge in [-0.2, -0.15) is 0 Å². The maximum absolute atomic E-state index is 4.50. The topological polar surface area (TPSA) is 0 Å². The van der Waals surface area contributed by atoms with Crippen molar-refractivity contribution in [2.24, 2.45) is 107 Å². The summed E-state index contributed by atoms with van der Waals surface area (Å²) in [5.74, 6) is 19.7. The van der Waals surface area contributed by atoms with E-state index >= 15 is 0 Å². The normalized spacial score (nSPS) is 36.1. The molecule has 496 valence electrons. The minimum absolute atomic E-state index is 0. The molecule has 8 atom stereocenters. The van der Waals surface area contributed by atoms with Gasteiger partial charge in [0.1, 0.15) is 0 Å². The van der Waals surface area contributed by atoms with Crippen molar-refractivity contribution < 1.29 is 1.43 Å². The highest BCUT2D eigenvalue weighted by molar-refractivity contribution is 7.17. The second kappa shape index (κ2) is 49.0.